The SMILES string of the molecule is Nc1cccc(NC(=O)CCS(=O)(=O)O)c1. The molecule has 0 saturated carbocycles. The zero-order valence-electron chi connectivity index (χ0n) is 8.38. The van der Waals surface area contributed by atoms with Gasteiger partial charge in [-0.25, -0.2) is 0 Å². The summed E-state index contributed by atoms with van der Waals surface area (Å²) in [5.41, 5.74) is 6.47. The van der Waals surface area contributed by atoms with E-state index in [1.807, 2.05) is 0 Å². The first kappa shape index (κ1) is 12.5. The van der Waals surface area contributed by atoms with E-state index in [9.17, 15) is 13.2 Å². The highest BCUT2D eigenvalue weighted by atomic mass is 32.2. The van der Waals surface area contributed by atoms with Crippen molar-refractivity contribution in [3.63, 3.8) is 0 Å². The van der Waals surface area contributed by atoms with Crippen LogP contribution in [0, 0.1) is 0 Å². The van der Waals surface area contributed by atoms with Crippen LogP contribution in [-0.4, -0.2) is 24.6 Å². The van der Waals surface area contributed by atoms with Crippen molar-refractivity contribution < 1.29 is 17.8 Å². The summed E-state index contributed by atoms with van der Waals surface area (Å²) in [7, 11) is -4.11. The van der Waals surface area contributed by atoms with Gasteiger partial charge in [0.1, 0.15) is 0 Å². The van der Waals surface area contributed by atoms with Gasteiger partial charge in [0.15, 0.2) is 0 Å². The molecule has 16 heavy (non-hydrogen) atoms. The van der Waals surface area contributed by atoms with E-state index in [2.05, 4.69) is 5.32 Å². The van der Waals surface area contributed by atoms with Crippen LogP contribution in [0.1, 0.15) is 6.42 Å². The molecule has 0 unspecified atom stereocenters. The molecule has 1 aromatic carbocycles. The second-order valence-electron chi connectivity index (χ2n) is 3.21. The quantitative estimate of drug-likeness (QED) is 0.527. The molecule has 1 amide bonds. The predicted octanol–water partition coefficient (Wildman–Crippen LogP) is 0.485. The number of hydrogen-bond acceptors (Lipinski definition) is 4. The van der Waals surface area contributed by atoms with E-state index in [-0.39, 0.29) is 6.42 Å². The Balaban J connectivity index is 2.52. The van der Waals surface area contributed by atoms with Gasteiger partial charge in [-0.05, 0) is 18.2 Å². The number of hydrogen-bond donors (Lipinski definition) is 3. The van der Waals surface area contributed by atoms with Crippen molar-refractivity contribution in [2.75, 3.05) is 16.8 Å². The van der Waals surface area contributed by atoms with Gasteiger partial charge in [-0.1, -0.05) is 6.07 Å². The predicted molar refractivity (Wildman–Crippen MR) is 60.5 cm³/mol. The van der Waals surface area contributed by atoms with Crippen LogP contribution in [0.2, 0.25) is 0 Å². The van der Waals surface area contributed by atoms with Crippen molar-refractivity contribution >= 4 is 27.4 Å². The highest BCUT2D eigenvalue weighted by Crippen LogP contribution is 2.11. The van der Waals surface area contributed by atoms with Crippen molar-refractivity contribution in [3.05, 3.63) is 24.3 Å². The van der Waals surface area contributed by atoms with Crippen LogP contribution >= 0.6 is 0 Å². The average molecular weight is 244 g/mol. The molecule has 0 aliphatic carbocycles. The fourth-order valence-electron chi connectivity index (χ4n) is 1.06. The van der Waals surface area contributed by atoms with E-state index in [4.69, 9.17) is 10.3 Å². The number of nitrogen functional groups attached to an aromatic ring is 1. The Morgan fingerprint density at radius 1 is 1.44 bits per heavy atom. The van der Waals surface area contributed by atoms with Gasteiger partial charge in [-0.15, -0.1) is 0 Å². The normalized spacial score (nSPS) is 11.1. The van der Waals surface area contributed by atoms with Gasteiger partial charge in [-0.3, -0.25) is 9.35 Å². The minimum atomic E-state index is -4.11. The molecular weight excluding hydrogens is 232 g/mol. The van der Waals surface area contributed by atoms with Gasteiger partial charge in [-0.2, -0.15) is 8.42 Å². The van der Waals surface area contributed by atoms with Gasteiger partial charge in [0.05, 0.1) is 5.75 Å². The largest absolute Gasteiger partial charge is 0.399 e. The van der Waals surface area contributed by atoms with E-state index in [0.29, 0.717) is 11.4 Å². The number of nitrogens with two attached hydrogens (primary N) is 1. The second-order valence-corrected chi connectivity index (χ2v) is 4.78. The highest BCUT2D eigenvalue weighted by molar-refractivity contribution is 7.85. The number of anilines is 2. The van der Waals surface area contributed by atoms with E-state index >= 15 is 0 Å². The zero-order chi connectivity index (χ0) is 12.2. The maximum Gasteiger partial charge on any atom is 0.265 e. The molecule has 0 saturated heterocycles. The summed E-state index contributed by atoms with van der Waals surface area (Å²) in [4.78, 5) is 11.2. The molecule has 0 aliphatic heterocycles. The first-order valence-electron chi connectivity index (χ1n) is 4.47. The Kier molecular flexibility index (Phi) is 3.86. The van der Waals surface area contributed by atoms with Crippen LogP contribution in [0.5, 0.6) is 0 Å². The minimum absolute atomic E-state index is 0.298. The molecule has 7 heteroatoms. The van der Waals surface area contributed by atoms with Gasteiger partial charge in [0.25, 0.3) is 10.1 Å². The third-order valence-electron chi connectivity index (χ3n) is 1.76. The van der Waals surface area contributed by atoms with Crippen LogP contribution in [0.15, 0.2) is 24.3 Å². The molecule has 0 radical (unpaired) electrons. The molecule has 0 atom stereocenters. The molecule has 88 valence electrons. The van der Waals surface area contributed by atoms with E-state index in [1.165, 1.54) is 0 Å². The summed E-state index contributed by atoms with van der Waals surface area (Å²) in [5.74, 6) is -1.09. The van der Waals surface area contributed by atoms with Crippen molar-refractivity contribution in [1.29, 1.82) is 0 Å². The fourth-order valence-corrected chi connectivity index (χ4v) is 1.50. The molecule has 1 rings (SSSR count). The zero-order valence-corrected chi connectivity index (χ0v) is 9.20. The first-order valence-corrected chi connectivity index (χ1v) is 6.08. The molecule has 1 aromatic rings. The standard InChI is InChI=1S/C9H12N2O4S/c10-7-2-1-3-8(6-7)11-9(12)4-5-16(13,14)15/h1-3,6H,4-5,10H2,(H,11,12)(H,13,14,15). The highest BCUT2D eigenvalue weighted by Gasteiger charge is 2.09. The average Bonchev–Trinajstić information content (AvgIpc) is 2.14. The lowest BCUT2D eigenvalue weighted by Crippen LogP contribution is -2.16. The Hall–Kier alpha value is -1.60. The van der Waals surface area contributed by atoms with Crippen LogP contribution in [0.4, 0.5) is 11.4 Å². The molecule has 0 spiro atoms. The topological polar surface area (TPSA) is 109 Å². The molecule has 6 nitrogen and oxygen atoms in total. The van der Waals surface area contributed by atoms with Crippen LogP contribution < -0.4 is 11.1 Å². The minimum Gasteiger partial charge on any atom is -0.399 e. The molecule has 0 aromatic heterocycles. The summed E-state index contributed by atoms with van der Waals surface area (Å²) < 4.78 is 29.2. The van der Waals surface area contributed by atoms with Crippen LogP contribution in [0.25, 0.3) is 0 Å². The lowest BCUT2D eigenvalue weighted by Gasteiger charge is -2.04. The van der Waals surface area contributed by atoms with Gasteiger partial charge in [0.2, 0.25) is 5.91 Å². The van der Waals surface area contributed by atoms with Crippen molar-refractivity contribution in [1.82, 2.24) is 0 Å². The lowest BCUT2D eigenvalue weighted by atomic mass is 10.3. The number of carbonyl (C=O) groups excluding carboxylic acids is 1. The summed E-state index contributed by atoms with van der Waals surface area (Å²) in [6, 6.07) is 6.49. The molecule has 0 fully saturated rings. The molecule has 0 heterocycles. The Morgan fingerprint density at radius 3 is 2.69 bits per heavy atom. The van der Waals surface area contributed by atoms with Crippen molar-refractivity contribution in [3.8, 4) is 0 Å². The maximum absolute atomic E-state index is 11.2. The van der Waals surface area contributed by atoms with Gasteiger partial charge >= 0.3 is 0 Å². The summed E-state index contributed by atoms with van der Waals surface area (Å²) >= 11 is 0. The molecule has 0 bridgehead atoms. The van der Waals surface area contributed by atoms with E-state index in [1.54, 1.807) is 24.3 Å². The third kappa shape index (κ3) is 4.76. The fraction of sp³-hybridized carbons (Fsp3) is 0.222. The molecule has 4 N–H and O–H groups in total. The summed E-state index contributed by atoms with van der Waals surface area (Å²) in [5, 5.41) is 2.46. The summed E-state index contributed by atoms with van der Waals surface area (Å²) in [6.07, 6.45) is -0.298. The Bertz CT molecular complexity index is 484. The smallest absolute Gasteiger partial charge is 0.265 e. The Labute approximate surface area is 93.2 Å². The monoisotopic (exact) mass is 244 g/mol. The van der Waals surface area contributed by atoms with E-state index in [0.717, 1.165) is 0 Å². The number of nitrogens with one attached hydrogen (secondary N) is 1. The number of amides is 1. The molecule has 0 aliphatic rings. The Morgan fingerprint density at radius 2 is 2.12 bits per heavy atom. The third-order valence-corrected chi connectivity index (χ3v) is 2.48. The maximum atomic E-state index is 11.2. The molecular formula is C9H12N2O4S. The van der Waals surface area contributed by atoms with Crippen LogP contribution in [-0.2, 0) is 14.9 Å². The number of benzene rings is 1. The van der Waals surface area contributed by atoms with Gasteiger partial charge < -0.3 is 11.1 Å². The number of carbonyl (C=O) groups is 1. The second kappa shape index (κ2) is 4.95. The van der Waals surface area contributed by atoms with E-state index < -0.39 is 21.8 Å². The van der Waals surface area contributed by atoms with Crippen molar-refractivity contribution in [2.45, 2.75) is 6.42 Å². The van der Waals surface area contributed by atoms with Gasteiger partial charge in [0, 0.05) is 17.8 Å². The van der Waals surface area contributed by atoms with Crippen LogP contribution in [0.3, 0.4) is 0 Å². The summed E-state index contributed by atoms with van der Waals surface area (Å²) in [6.45, 7) is 0. The first-order chi connectivity index (χ1) is 7.37. The van der Waals surface area contributed by atoms with Crippen molar-refractivity contribution in [2.24, 2.45) is 0 Å². The lowest BCUT2D eigenvalue weighted by molar-refractivity contribution is -0.115. The number of rotatable bonds is 4.